The topological polar surface area (TPSA) is 39.4 Å². The summed E-state index contributed by atoms with van der Waals surface area (Å²) < 4.78 is 8.35. The van der Waals surface area contributed by atoms with Crippen LogP contribution in [0.2, 0.25) is 0 Å². The predicted molar refractivity (Wildman–Crippen MR) is 120 cm³/mol. The highest BCUT2D eigenvalue weighted by molar-refractivity contribution is 6.12. The lowest BCUT2D eigenvalue weighted by atomic mass is 10.1. The number of rotatable bonds is 3. The van der Waals surface area contributed by atoms with Crippen molar-refractivity contribution in [3.63, 3.8) is 0 Å². The molecule has 0 bridgehead atoms. The van der Waals surface area contributed by atoms with Gasteiger partial charge in [0.05, 0.1) is 11.2 Å². The molecule has 6 aromatic rings. The normalized spacial score (nSPS) is 11.3. The van der Waals surface area contributed by atoms with E-state index in [0.29, 0.717) is 0 Å². The lowest BCUT2D eigenvalue weighted by Gasteiger charge is -2.11. The zero-order valence-electron chi connectivity index (χ0n) is 16.1. The van der Waals surface area contributed by atoms with Crippen molar-refractivity contribution in [2.45, 2.75) is 0 Å². The Morgan fingerprint density at radius 2 is 1.53 bits per heavy atom. The van der Waals surface area contributed by atoms with Gasteiger partial charge in [0.15, 0.2) is 0 Å². The number of para-hydroxylation sites is 1. The second kappa shape index (κ2) is 6.71. The van der Waals surface area contributed by atoms with E-state index in [1.54, 1.807) is 6.20 Å². The van der Waals surface area contributed by atoms with Crippen LogP contribution in [0.15, 0.2) is 104 Å². The van der Waals surface area contributed by atoms with Gasteiger partial charge in [-0.25, -0.2) is 4.98 Å². The molecule has 0 amide bonds. The summed E-state index contributed by atoms with van der Waals surface area (Å²) in [6, 6.07) is 28.5. The second-order valence-electron chi connectivity index (χ2n) is 7.19. The van der Waals surface area contributed by atoms with Crippen LogP contribution in [0.4, 0.5) is 0 Å². The first kappa shape index (κ1) is 16.7. The average molecular weight is 387 g/mol. The third-order valence-corrected chi connectivity index (χ3v) is 5.36. The molecule has 6 rings (SSSR count). The van der Waals surface area contributed by atoms with Crippen molar-refractivity contribution in [3.8, 4) is 22.8 Å². The van der Waals surface area contributed by atoms with E-state index in [1.165, 1.54) is 10.8 Å². The third-order valence-electron chi connectivity index (χ3n) is 5.36. The molecule has 0 unspecified atom stereocenters. The molecule has 0 N–H and O–H groups in total. The van der Waals surface area contributed by atoms with Gasteiger partial charge in [0, 0.05) is 34.9 Å². The van der Waals surface area contributed by atoms with E-state index in [4.69, 9.17) is 4.74 Å². The van der Waals surface area contributed by atoms with Crippen molar-refractivity contribution in [2.75, 3.05) is 0 Å². The molecular formula is C26H17N3O. The standard InChI is InChI=1S/C26H17N3O/c1-2-10-25-22(8-1)21-12-11-20(17-23(21)26-28-14-15-29(25)26)30-19-7-5-6-18(16-19)24-9-3-4-13-27-24/h1-17H. The monoisotopic (exact) mass is 387 g/mol. The van der Waals surface area contributed by atoms with Crippen LogP contribution < -0.4 is 4.74 Å². The third kappa shape index (κ3) is 2.70. The highest BCUT2D eigenvalue weighted by Crippen LogP contribution is 2.33. The SMILES string of the molecule is c1ccc(-c2cccc(Oc3ccc4c5ccccc5n5ccnc5c4c3)c2)nc1. The minimum Gasteiger partial charge on any atom is -0.457 e. The van der Waals surface area contributed by atoms with Gasteiger partial charge in [-0.3, -0.25) is 9.38 Å². The largest absolute Gasteiger partial charge is 0.457 e. The number of imidazole rings is 1. The number of nitrogens with zero attached hydrogens (tertiary/aromatic N) is 3. The first-order valence-electron chi connectivity index (χ1n) is 9.84. The van der Waals surface area contributed by atoms with E-state index in [1.807, 2.05) is 60.9 Å². The predicted octanol–water partition coefficient (Wildman–Crippen LogP) is 6.50. The quantitative estimate of drug-likeness (QED) is 0.326. The molecule has 0 saturated heterocycles. The molecule has 3 aromatic heterocycles. The van der Waals surface area contributed by atoms with E-state index in [0.717, 1.165) is 39.3 Å². The zero-order valence-corrected chi connectivity index (χ0v) is 16.1. The van der Waals surface area contributed by atoms with Crippen molar-refractivity contribution < 1.29 is 4.74 Å². The Balaban J connectivity index is 1.46. The Morgan fingerprint density at radius 1 is 0.633 bits per heavy atom. The number of pyridine rings is 2. The fourth-order valence-electron chi connectivity index (χ4n) is 4.00. The molecule has 3 aromatic carbocycles. The zero-order chi connectivity index (χ0) is 19.9. The summed E-state index contributed by atoms with van der Waals surface area (Å²) in [7, 11) is 0. The first-order valence-corrected chi connectivity index (χ1v) is 9.84. The first-order chi connectivity index (χ1) is 14.9. The summed E-state index contributed by atoms with van der Waals surface area (Å²) in [5.74, 6) is 1.55. The van der Waals surface area contributed by atoms with Crippen molar-refractivity contribution in [3.05, 3.63) is 104 Å². The molecule has 0 aliphatic rings. The lowest BCUT2D eigenvalue weighted by Crippen LogP contribution is -1.91. The molecular weight excluding hydrogens is 370 g/mol. The number of aromatic nitrogens is 3. The molecule has 0 saturated carbocycles. The van der Waals surface area contributed by atoms with Crippen LogP contribution >= 0.6 is 0 Å². The van der Waals surface area contributed by atoms with Crippen LogP contribution in [0, 0.1) is 0 Å². The van der Waals surface area contributed by atoms with Gasteiger partial charge in [-0.05, 0) is 53.9 Å². The van der Waals surface area contributed by atoms with Crippen molar-refractivity contribution in [2.24, 2.45) is 0 Å². The minimum absolute atomic E-state index is 0.776. The van der Waals surface area contributed by atoms with Gasteiger partial charge in [-0.1, -0.05) is 36.4 Å². The van der Waals surface area contributed by atoms with Gasteiger partial charge < -0.3 is 4.74 Å². The summed E-state index contributed by atoms with van der Waals surface area (Å²) in [4.78, 5) is 9.03. The van der Waals surface area contributed by atoms with E-state index < -0.39 is 0 Å². The van der Waals surface area contributed by atoms with Crippen molar-refractivity contribution in [1.29, 1.82) is 0 Å². The van der Waals surface area contributed by atoms with Crippen LogP contribution in [-0.4, -0.2) is 14.4 Å². The number of hydrogen-bond acceptors (Lipinski definition) is 3. The summed E-state index contributed by atoms with van der Waals surface area (Å²) in [6.45, 7) is 0. The maximum Gasteiger partial charge on any atom is 0.145 e. The van der Waals surface area contributed by atoms with Crippen LogP contribution in [0.3, 0.4) is 0 Å². The van der Waals surface area contributed by atoms with Gasteiger partial charge in [0.1, 0.15) is 17.1 Å². The van der Waals surface area contributed by atoms with Gasteiger partial charge in [0.2, 0.25) is 0 Å². The van der Waals surface area contributed by atoms with Crippen LogP contribution in [0.1, 0.15) is 0 Å². The molecule has 4 nitrogen and oxygen atoms in total. The minimum atomic E-state index is 0.776. The molecule has 0 aliphatic heterocycles. The van der Waals surface area contributed by atoms with Crippen molar-refractivity contribution in [1.82, 2.24) is 14.4 Å². The van der Waals surface area contributed by atoms with E-state index in [-0.39, 0.29) is 0 Å². The van der Waals surface area contributed by atoms with Gasteiger partial charge >= 0.3 is 0 Å². The fourth-order valence-corrected chi connectivity index (χ4v) is 4.00. The summed E-state index contributed by atoms with van der Waals surface area (Å²) >= 11 is 0. The Morgan fingerprint density at radius 3 is 2.47 bits per heavy atom. The van der Waals surface area contributed by atoms with Gasteiger partial charge in [-0.2, -0.15) is 0 Å². The number of benzene rings is 3. The average Bonchev–Trinajstić information content (AvgIpc) is 3.31. The smallest absolute Gasteiger partial charge is 0.145 e. The van der Waals surface area contributed by atoms with Crippen LogP contribution in [0.25, 0.3) is 38.6 Å². The summed E-state index contributed by atoms with van der Waals surface area (Å²) in [5, 5.41) is 3.43. The Kier molecular flexibility index (Phi) is 3.74. The van der Waals surface area contributed by atoms with Gasteiger partial charge in [-0.15, -0.1) is 0 Å². The van der Waals surface area contributed by atoms with Crippen LogP contribution in [0.5, 0.6) is 11.5 Å². The molecule has 0 fully saturated rings. The van der Waals surface area contributed by atoms with Crippen LogP contribution in [-0.2, 0) is 0 Å². The maximum atomic E-state index is 6.22. The molecule has 0 atom stereocenters. The fraction of sp³-hybridized carbons (Fsp3) is 0. The second-order valence-corrected chi connectivity index (χ2v) is 7.19. The molecule has 30 heavy (non-hydrogen) atoms. The number of hydrogen-bond donors (Lipinski definition) is 0. The van der Waals surface area contributed by atoms with E-state index in [2.05, 4.69) is 50.8 Å². The summed E-state index contributed by atoms with van der Waals surface area (Å²) in [5.41, 5.74) is 4.02. The van der Waals surface area contributed by atoms with E-state index >= 15 is 0 Å². The summed E-state index contributed by atoms with van der Waals surface area (Å²) in [6.07, 6.45) is 5.64. The molecule has 0 radical (unpaired) electrons. The molecule has 142 valence electrons. The Bertz CT molecular complexity index is 1520. The highest BCUT2D eigenvalue weighted by atomic mass is 16.5. The molecule has 4 heteroatoms. The number of fused-ring (bicyclic) bond motifs is 6. The van der Waals surface area contributed by atoms with Gasteiger partial charge in [0.25, 0.3) is 0 Å². The highest BCUT2D eigenvalue weighted by Gasteiger charge is 2.10. The van der Waals surface area contributed by atoms with E-state index in [9.17, 15) is 0 Å². The number of ether oxygens (including phenoxy) is 1. The molecule has 0 aliphatic carbocycles. The van der Waals surface area contributed by atoms with Crippen molar-refractivity contribution >= 4 is 27.3 Å². The molecule has 3 heterocycles. The lowest BCUT2D eigenvalue weighted by molar-refractivity contribution is 0.483. The Labute approximate surface area is 173 Å². The maximum absolute atomic E-state index is 6.22. The molecule has 0 spiro atoms. The Hall–Kier alpha value is -4.18.